The van der Waals surface area contributed by atoms with E-state index in [1.54, 1.807) is 11.8 Å². The molecule has 1 N–H and O–H groups in total. The van der Waals surface area contributed by atoms with Crippen LogP contribution in [0.5, 0.6) is 0 Å². The van der Waals surface area contributed by atoms with Crippen molar-refractivity contribution in [3.63, 3.8) is 0 Å². The number of nitrogens with zero attached hydrogens (tertiary/aromatic N) is 1. The molecule has 1 aromatic heterocycles. The number of hydrogen-bond acceptors (Lipinski definition) is 5. The third kappa shape index (κ3) is 3.64. The van der Waals surface area contributed by atoms with E-state index in [-0.39, 0.29) is 14.3 Å². The highest BCUT2D eigenvalue weighted by Crippen LogP contribution is 2.34. The van der Waals surface area contributed by atoms with Crippen molar-refractivity contribution in [2.45, 2.75) is 29.9 Å². The highest BCUT2D eigenvalue weighted by Gasteiger charge is 2.34. The Morgan fingerprint density at radius 2 is 2.14 bits per heavy atom. The van der Waals surface area contributed by atoms with Gasteiger partial charge in [-0.15, -0.1) is 0 Å². The minimum atomic E-state index is -3.76. The van der Waals surface area contributed by atoms with Crippen LogP contribution in [-0.4, -0.2) is 47.4 Å². The maximum absolute atomic E-state index is 12.6. The molecular formula is C12H16BrNO5S2. The van der Waals surface area contributed by atoms with Gasteiger partial charge in [0, 0.05) is 29.7 Å². The molecular weight excluding hydrogens is 382 g/mol. The van der Waals surface area contributed by atoms with E-state index in [0.717, 1.165) is 12.5 Å². The molecule has 6 nitrogen and oxygen atoms in total. The summed E-state index contributed by atoms with van der Waals surface area (Å²) in [6.45, 7) is 4.98. The number of carboxylic acids is 1. The number of hydrogen-bond donors (Lipinski definition) is 1. The highest BCUT2D eigenvalue weighted by molar-refractivity contribution is 9.10. The average molecular weight is 398 g/mol. The van der Waals surface area contributed by atoms with Gasteiger partial charge in [-0.3, -0.25) is 0 Å². The molecule has 0 radical (unpaired) electrons. The average Bonchev–Trinajstić information content (AvgIpc) is 2.66. The van der Waals surface area contributed by atoms with Gasteiger partial charge in [0.1, 0.15) is 4.90 Å². The molecule has 0 aromatic carbocycles. The minimum absolute atomic E-state index is 0.0319. The Hall–Kier alpha value is -0.510. The lowest BCUT2D eigenvalue weighted by molar-refractivity contribution is 0.0661. The van der Waals surface area contributed by atoms with Gasteiger partial charge < -0.3 is 9.52 Å². The molecule has 0 unspecified atom stereocenters. The Morgan fingerprint density at radius 1 is 1.48 bits per heavy atom. The number of carbonyl (C=O) groups is 1. The van der Waals surface area contributed by atoms with Gasteiger partial charge in [0.25, 0.3) is 0 Å². The molecule has 0 spiro atoms. The molecule has 118 valence electrons. The van der Waals surface area contributed by atoms with Crippen molar-refractivity contribution in [3.05, 3.63) is 16.5 Å². The van der Waals surface area contributed by atoms with Gasteiger partial charge in [-0.25, -0.2) is 13.2 Å². The fourth-order valence-corrected chi connectivity index (χ4v) is 5.57. The van der Waals surface area contributed by atoms with E-state index >= 15 is 0 Å². The number of sulfonamides is 1. The summed E-state index contributed by atoms with van der Waals surface area (Å²) in [5.41, 5.74) is 0. The quantitative estimate of drug-likeness (QED) is 0.842. The standard InChI is InChI=1S/C12H16BrNO5S2/c1-12(2)3-4-14(5-6-20-12)21(17,18)9-7-8(11(15)16)19-10(9)13/h7H,3-6H2,1-2H3,(H,15,16). The van der Waals surface area contributed by atoms with Crippen LogP contribution in [0.15, 0.2) is 20.0 Å². The van der Waals surface area contributed by atoms with Gasteiger partial charge >= 0.3 is 5.97 Å². The second-order valence-electron chi connectivity index (χ2n) is 5.32. The van der Waals surface area contributed by atoms with Crippen LogP contribution in [0.4, 0.5) is 0 Å². The van der Waals surface area contributed by atoms with E-state index in [1.807, 2.05) is 0 Å². The molecule has 2 rings (SSSR count). The normalized spacial score (nSPS) is 20.1. The summed E-state index contributed by atoms with van der Waals surface area (Å²) in [6, 6.07) is 1.05. The second kappa shape index (κ2) is 5.94. The van der Waals surface area contributed by atoms with E-state index in [4.69, 9.17) is 9.52 Å². The smallest absolute Gasteiger partial charge is 0.371 e. The first-order valence-electron chi connectivity index (χ1n) is 6.30. The Morgan fingerprint density at radius 3 is 2.71 bits per heavy atom. The Bertz CT molecular complexity index is 653. The summed E-state index contributed by atoms with van der Waals surface area (Å²) < 4.78 is 31.6. The fraction of sp³-hybridized carbons (Fsp3) is 0.583. The van der Waals surface area contributed by atoms with Crippen molar-refractivity contribution in [2.24, 2.45) is 0 Å². The number of halogens is 1. The lowest BCUT2D eigenvalue weighted by Crippen LogP contribution is -2.33. The van der Waals surface area contributed by atoms with Gasteiger partial charge in [0.2, 0.25) is 15.8 Å². The van der Waals surface area contributed by atoms with Gasteiger partial charge in [-0.1, -0.05) is 13.8 Å². The maximum Gasteiger partial charge on any atom is 0.371 e. The molecule has 21 heavy (non-hydrogen) atoms. The van der Waals surface area contributed by atoms with Crippen LogP contribution in [0, 0.1) is 0 Å². The van der Waals surface area contributed by atoms with E-state index in [0.29, 0.717) is 18.8 Å². The fourth-order valence-electron chi connectivity index (χ4n) is 2.01. The van der Waals surface area contributed by atoms with Crippen molar-refractivity contribution in [2.75, 3.05) is 18.8 Å². The lowest BCUT2D eigenvalue weighted by Gasteiger charge is -2.22. The predicted molar refractivity (Wildman–Crippen MR) is 83.3 cm³/mol. The van der Waals surface area contributed by atoms with Crippen molar-refractivity contribution in [1.29, 1.82) is 0 Å². The summed E-state index contributed by atoms with van der Waals surface area (Å²) in [7, 11) is -3.76. The van der Waals surface area contributed by atoms with Crippen molar-refractivity contribution < 1.29 is 22.7 Å². The lowest BCUT2D eigenvalue weighted by atomic mass is 10.1. The second-order valence-corrected chi connectivity index (χ2v) is 9.74. The molecule has 0 bridgehead atoms. The summed E-state index contributed by atoms with van der Waals surface area (Å²) in [5.74, 6) is -0.997. The van der Waals surface area contributed by atoms with E-state index in [9.17, 15) is 13.2 Å². The molecule has 0 amide bonds. The van der Waals surface area contributed by atoms with Gasteiger partial charge in [0.05, 0.1) is 0 Å². The molecule has 1 aromatic rings. The van der Waals surface area contributed by atoms with Crippen molar-refractivity contribution in [1.82, 2.24) is 4.31 Å². The molecule has 0 aliphatic carbocycles. The first-order valence-corrected chi connectivity index (χ1v) is 9.52. The topological polar surface area (TPSA) is 87.8 Å². The molecule has 9 heteroatoms. The number of thioether (sulfide) groups is 1. The van der Waals surface area contributed by atoms with Crippen LogP contribution in [0.25, 0.3) is 0 Å². The van der Waals surface area contributed by atoms with Gasteiger partial charge in [-0.05, 0) is 22.4 Å². The summed E-state index contributed by atoms with van der Waals surface area (Å²) in [5, 5.41) is 8.89. The number of furan rings is 1. The Kier molecular flexibility index (Phi) is 4.77. The molecule has 1 aliphatic rings. The number of aromatic carboxylic acids is 1. The van der Waals surface area contributed by atoms with E-state index in [2.05, 4.69) is 29.8 Å². The maximum atomic E-state index is 12.6. The first kappa shape index (κ1) is 16.9. The zero-order valence-electron chi connectivity index (χ0n) is 11.6. The third-order valence-electron chi connectivity index (χ3n) is 3.28. The highest BCUT2D eigenvalue weighted by atomic mass is 79.9. The van der Waals surface area contributed by atoms with Crippen LogP contribution in [0.2, 0.25) is 0 Å². The molecule has 0 saturated carbocycles. The largest absolute Gasteiger partial charge is 0.475 e. The Labute approximate surface area is 136 Å². The first-order chi connectivity index (χ1) is 9.63. The number of carboxylic acid groups (broad SMARTS) is 1. The predicted octanol–water partition coefficient (Wildman–Crippen LogP) is 2.65. The minimum Gasteiger partial charge on any atom is -0.475 e. The zero-order chi connectivity index (χ0) is 15.8. The SMILES string of the molecule is CC1(C)CCN(S(=O)(=O)c2cc(C(=O)O)oc2Br)CCS1. The van der Waals surface area contributed by atoms with Crippen LogP contribution < -0.4 is 0 Å². The van der Waals surface area contributed by atoms with Crippen LogP contribution in [0.1, 0.15) is 30.8 Å². The monoisotopic (exact) mass is 397 g/mol. The molecule has 1 fully saturated rings. The van der Waals surface area contributed by atoms with Gasteiger partial charge in [0.15, 0.2) is 4.67 Å². The van der Waals surface area contributed by atoms with E-state index < -0.39 is 21.8 Å². The summed E-state index contributed by atoms with van der Waals surface area (Å²) in [6.07, 6.45) is 0.734. The molecule has 1 saturated heterocycles. The molecule has 1 aliphatic heterocycles. The number of rotatable bonds is 3. The van der Waals surface area contributed by atoms with Gasteiger partial charge in [-0.2, -0.15) is 16.1 Å². The third-order valence-corrected chi connectivity index (χ3v) is 7.41. The Balaban J connectivity index is 2.31. The summed E-state index contributed by atoms with van der Waals surface area (Å²) in [4.78, 5) is 10.7. The van der Waals surface area contributed by atoms with Crippen LogP contribution in [-0.2, 0) is 10.0 Å². The zero-order valence-corrected chi connectivity index (χ0v) is 14.8. The molecule has 2 heterocycles. The van der Waals surface area contributed by atoms with E-state index in [1.165, 1.54) is 4.31 Å². The molecule has 0 atom stereocenters. The summed E-state index contributed by atoms with van der Waals surface area (Å²) >= 11 is 4.72. The van der Waals surface area contributed by atoms with Crippen LogP contribution >= 0.6 is 27.7 Å². The van der Waals surface area contributed by atoms with Crippen LogP contribution in [0.3, 0.4) is 0 Å². The van der Waals surface area contributed by atoms with Crippen molar-refractivity contribution in [3.8, 4) is 0 Å². The van der Waals surface area contributed by atoms with Crippen molar-refractivity contribution >= 4 is 43.7 Å².